The molecule has 0 spiro atoms. The fourth-order valence-electron chi connectivity index (χ4n) is 2.12. The van der Waals surface area contributed by atoms with E-state index in [0.717, 1.165) is 0 Å². The van der Waals surface area contributed by atoms with E-state index in [0.29, 0.717) is 0 Å². The van der Waals surface area contributed by atoms with Crippen molar-refractivity contribution < 1.29 is 0 Å². The van der Waals surface area contributed by atoms with Gasteiger partial charge in [-0.25, -0.2) is 0 Å². The summed E-state index contributed by atoms with van der Waals surface area (Å²) in [6.07, 6.45) is 6.98. The van der Waals surface area contributed by atoms with Crippen LogP contribution in [0.5, 0.6) is 0 Å². The van der Waals surface area contributed by atoms with Gasteiger partial charge in [0, 0.05) is 0 Å². The molecule has 0 aromatic heterocycles. The summed E-state index contributed by atoms with van der Waals surface area (Å²) in [7, 11) is 0. The number of allylic oxidation sites excluding steroid dienone is 1. The molecule has 1 aromatic carbocycles. The summed E-state index contributed by atoms with van der Waals surface area (Å²) >= 11 is 0. The zero-order valence-electron chi connectivity index (χ0n) is 9.30. The highest BCUT2D eigenvalue weighted by Gasteiger charge is 2.19. The van der Waals surface area contributed by atoms with Gasteiger partial charge in [-0.15, -0.1) is 0 Å². The van der Waals surface area contributed by atoms with Gasteiger partial charge in [-0.1, -0.05) is 51.1 Å². The molecule has 1 aliphatic carbocycles. The summed E-state index contributed by atoms with van der Waals surface area (Å²) < 4.78 is 0. The van der Waals surface area contributed by atoms with Gasteiger partial charge in [0.05, 0.1) is 0 Å². The second kappa shape index (κ2) is 3.27. The quantitative estimate of drug-likeness (QED) is 0.575. The van der Waals surface area contributed by atoms with Crippen LogP contribution < -0.4 is 0 Å². The Morgan fingerprint density at radius 1 is 1.14 bits per heavy atom. The largest absolute Gasteiger partial charge is 0.0836 e. The molecule has 0 saturated carbocycles. The van der Waals surface area contributed by atoms with Crippen molar-refractivity contribution in [2.24, 2.45) is 0 Å². The standard InChI is InChI=1S/C14H18/c1-14(2,3)13-10-6-8-11-7-4-5-9-12(11)13/h5-6,8-10H,4,7H2,1-3H3. The number of benzene rings is 1. The predicted octanol–water partition coefficient (Wildman–Crippen LogP) is 3.94. The third kappa shape index (κ3) is 1.61. The Morgan fingerprint density at radius 3 is 2.64 bits per heavy atom. The van der Waals surface area contributed by atoms with E-state index in [9.17, 15) is 0 Å². The van der Waals surface area contributed by atoms with E-state index in [1.54, 1.807) is 0 Å². The Balaban J connectivity index is 2.58. The van der Waals surface area contributed by atoms with Gasteiger partial charge in [0.2, 0.25) is 0 Å². The van der Waals surface area contributed by atoms with Gasteiger partial charge < -0.3 is 0 Å². The lowest BCUT2D eigenvalue weighted by Crippen LogP contribution is -2.14. The SMILES string of the molecule is CC(C)(C)c1cccc2c1C=CCC2. The van der Waals surface area contributed by atoms with Crippen LogP contribution in [0.1, 0.15) is 43.9 Å². The second-order valence-corrected chi connectivity index (χ2v) is 5.07. The smallest absolute Gasteiger partial charge is 0.0126 e. The number of hydrogen-bond donors (Lipinski definition) is 0. The molecule has 0 N–H and O–H groups in total. The van der Waals surface area contributed by atoms with Crippen molar-refractivity contribution in [2.75, 3.05) is 0 Å². The van der Waals surface area contributed by atoms with E-state index in [4.69, 9.17) is 0 Å². The van der Waals surface area contributed by atoms with Crippen molar-refractivity contribution in [1.82, 2.24) is 0 Å². The molecular weight excluding hydrogens is 168 g/mol. The normalized spacial score (nSPS) is 15.4. The van der Waals surface area contributed by atoms with Crippen LogP contribution in [0.4, 0.5) is 0 Å². The van der Waals surface area contributed by atoms with Gasteiger partial charge in [-0.2, -0.15) is 0 Å². The van der Waals surface area contributed by atoms with E-state index in [2.05, 4.69) is 51.1 Å². The molecule has 0 amide bonds. The van der Waals surface area contributed by atoms with Crippen LogP contribution in [-0.4, -0.2) is 0 Å². The van der Waals surface area contributed by atoms with E-state index < -0.39 is 0 Å². The lowest BCUT2D eigenvalue weighted by Gasteiger charge is -2.25. The van der Waals surface area contributed by atoms with Crippen molar-refractivity contribution >= 4 is 6.08 Å². The molecule has 2 rings (SSSR count). The third-order valence-corrected chi connectivity index (χ3v) is 2.87. The van der Waals surface area contributed by atoms with E-state index >= 15 is 0 Å². The highest BCUT2D eigenvalue weighted by molar-refractivity contribution is 5.61. The maximum Gasteiger partial charge on any atom is -0.0126 e. The van der Waals surface area contributed by atoms with Gasteiger partial charge in [0.15, 0.2) is 0 Å². The molecule has 74 valence electrons. The molecule has 0 heterocycles. The molecule has 0 atom stereocenters. The van der Waals surface area contributed by atoms with Crippen LogP contribution in [0.3, 0.4) is 0 Å². The predicted molar refractivity (Wildman–Crippen MR) is 62.5 cm³/mol. The third-order valence-electron chi connectivity index (χ3n) is 2.87. The van der Waals surface area contributed by atoms with Gasteiger partial charge in [0.1, 0.15) is 0 Å². The number of fused-ring (bicyclic) bond motifs is 1. The monoisotopic (exact) mass is 186 g/mol. The Kier molecular flexibility index (Phi) is 2.22. The van der Waals surface area contributed by atoms with Crippen LogP contribution in [-0.2, 0) is 11.8 Å². The molecule has 1 aromatic rings. The summed E-state index contributed by atoms with van der Waals surface area (Å²) in [6.45, 7) is 6.85. The maximum absolute atomic E-state index is 2.29. The maximum atomic E-state index is 2.29. The molecule has 0 nitrogen and oxygen atoms in total. The molecule has 0 heteroatoms. The van der Waals surface area contributed by atoms with Crippen molar-refractivity contribution in [1.29, 1.82) is 0 Å². The zero-order chi connectivity index (χ0) is 10.2. The lowest BCUT2D eigenvalue weighted by molar-refractivity contribution is 0.587. The first kappa shape index (κ1) is 9.51. The topological polar surface area (TPSA) is 0 Å². The summed E-state index contributed by atoms with van der Waals surface area (Å²) in [6, 6.07) is 6.71. The first-order valence-corrected chi connectivity index (χ1v) is 5.38. The second-order valence-electron chi connectivity index (χ2n) is 5.07. The molecule has 0 saturated heterocycles. The van der Waals surface area contributed by atoms with Crippen molar-refractivity contribution in [3.8, 4) is 0 Å². The fourth-order valence-corrected chi connectivity index (χ4v) is 2.12. The van der Waals surface area contributed by atoms with Crippen LogP contribution in [0.15, 0.2) is 24.3 Å². The van der Waals surface area contributed by atoms with E-state index in [1.165, 1.54) is 29.5 Å². The molecule has 0 bridgehead atoms. The highest BCUT2D eigenvalue weighted by atomic mass is 14.2. The van der Waals surface area contributed by atoms with Gasteiger partial charge in [0.25, 0.3) is 0 Å². The Morgan fingerprint density at radius 2 is 1.93 bits per heavy atom. The summed E-state index contributed by atoms with van der Waals surface area (Å²) in [5.74, 6) is 0. The first-order chi connectivity index (χ1) is 6.59. The molecule has 0 aliphatic heterocycles. The van der Waals surface area contributed by atoms with Crippen molar-refractivity contribution in [2.45, 2.75) is 39.0 Å². The van der Waals surface area contributed by atoms with Crippen molar-refractivity contribution in [3.63, 3.8) is 0 Å². The average Bonchev–Trinajstić information content (AvgIpc) is 2.15. The van der Waals surface area contributed by atoms with Crippen LogP contribution in [0.25, 0.3) is 6.08 Å². The average molecular weight is 186 g/mol. The fraction of sp³-hybridized carbons (Fsp3) is 0.429. The molecule has 14 heavy (non-hydrogen) atoms. The van der Waals surface area contributed by atoms with Crippen LogP contribution in [0, 0.1) is 0 Å². The molecule has 0 fully saturated rings. The molecule has 0 radical (unpaired) electrons. The van der Waals surface area contributed by atoms with Gasteiger partial charge in [-0.05, 0) is 34.9 Å². The molecule has 1 aliphatic rings. The lowest BCUT2D eigenvalue weighted by atomic mass is 9.80. The first-order valence-electron chi connectivity index (χ1n) is 5.38. The van der Waals surface area contributed by atoms with Gasteiger partial charge >= 0.3 is 0 Å². The minimum Gasteiger partial charge on any atom is -0.0836 e. The van der Waals surface area contributed by atoms with Crippen LogP contribution in [0.2, 0.25) is 0 Å². The summed E-state index contributed by atoms with van der Waals surface area (Å²) in [5, 5.41) is 0. The zero-order valence-corrected chi connectivity index (χ0v) is 9.30. The van der Waals surface area contributed by atoms with Crippen molar-refractivity contribution in [3.05, 3.63) is 41.0 Å². The number of rotatable bonds is 0. The Bertz CT molecular complexity index is 364. The number of aryl methyl sites for hydroxylation is 1. The molecular formula is C14H18. The Hall–Kier alpha value is -1.04. The summed E-state index contributed by atoms with van der Waals surface area (Å²) in [5.41, 5.74) is 4.71. The van der Waals surface area contributed by atoms with E-state index in [1.807, 2.05) is 0 Å². The molecule has 0 unspecified atom stereocenters. The minimum absolute atomic E-state index is 0.257. The van der Waals surface area contributed by atoms with E-state index in [-0.39, 0.29) is 5.41 Å². The number of hydrogen-bond acceptors (Lipinski definition) is 0. The Labute approximate surface area is 86.7 Å². The summed E-state index contributed by atoms with van der Waals surface area (Å²) in [4.78, 5) is 0. The van der Waals surface area contributed by atoms with Gasteiger partial charge in [-0.3, -0.25) is 0 Å². The minimum atomic E-state index is 0.257. The van der Waals surface area contributed by atoms with Crippen LogP contribution >= 0.6 is 0 Å². The highest BCUT2D eigenvalue weighted by Crippen LogP contribution is 2.31.